The molecule has 5 aromatic rings. The molecule has 1 aliphatic carbocycles. The van der Waals surface area contributed by atoms with Gasteiger partial charge >= 0.3 is 6.09 Å². The van der Waals surface area contributed by atoms with E-state index >= 15 is 4.39 Å². The summed E-state index contributed by atoms with van der Waals surface area (Å²) in [6.45, 7) is 9.90. The van der Waals surface area contributed by atoms with Crippen LogP contribution in [0, 0.1) is 11.7 Å². The number of benzene rings is 3. The Kier molecular flexibility index (Phi) is 8.31. The first-order valence-corrected chi connectivity index (χ1v) is 18.0. The Morgan fingerprint density at radius 2 is 1.82 bits per heavy atom. The molecule has 0 spiro atoms. The Balaban J connectivity index is 1.35. The molecule has 1 amide bonds. The normalized spacial score (nSPS) is 20.5. The Labute approximate surface area is 302 Å². The van der Waals surface area contributed by atoms with E-state index in [1.807, 2.05) is 68.1 Å². The monoisotopic (exact) mass is 714 g/mol. The number of fused-ring (bicyclic) bond motifs is 5. The molecule has 3 saturated heterocycles. The fourth-order valence-electron chi connectivity index (χ4n) is 8.15. The highest BCUT2D eigenvalue weighted by Gasteiger charge is 2.56. The second kappa shape index (κ2) is 12.5. The molecule has 4 fully saturated rings. The fraction of sp³-hybridized carbons (Fsp3) is 0.462. The average molecular weight is 715 g/mol. The number of nitrogens with zero attached hydrogens (tertiary/aromatic N) is 6. The van der Waals surface area contributed by atoms with Crippen LogP contribution in [-0.4, -0.2) is 95.7 Å². The molecule has 1 saturated carbocycles. The Bertz CT molecular complexity index is 2190. The lowest BCUT2D eigenvalue weighted by Gasteiger charge is -2.43. The van der Waals surface area contributed by atoms with Crippen LogP contribution in [0.2, 0.25) is 5.02 Å². The summed E-state index contributed by atoms with van der Waals surface area (Å²) in [4.78, 5) is 29.9. The molecule has 5 heterocycles. The first-order valence-electron chi connectivity index (χ1n) is 17.7. The van der Waals surface area contributed by atoms with Gasteiger partial charge in [-0.05, 0) is 75.8 Å². The van der Waals surface area contributed by atoms with E-state index in [1.165, 1.54) is 0 Å². The number of amides is 1. The molecule has 51 heavy (non-hydrogen) atoms. The topological polar surface area (TPSA) is 85.2 Å². The number of imidazole rings is 1. The summed E-state index contributed by atoms with van der Waals surface area (Å²) in [6, 6.07) is 13.6. The van der Waals surface area contributed by atoms with Crippen molar-refractivity contribution in [1.82, 2.24) is 24.3 Å². The van der Waals surface area contributed by atoms with E-state index in [-0.39, 0.29) is 47.0 Å². The van der Waals surface area contributed by atoms with Crippen molar-refractivity contribution in [1.29, 1.82) is 0 Å². The van der Waals surface area contributed by atoms with Gasteiger partial charge in [0.15, 0.2) is 18.4 Å². The van der Waals surface area contributed by atoms with Crippen molar-refractivity contribution in [3.63, 3.8) is 0 Å². The second-order valence-corrected chi connectivity index (χ2v) is 15.7. The largest absolute Gasteiger partial charge is 0.468 e. The maximum Gasteiger partial charge on any atom is 0.410 e. The van der Waals surface area contributed by atoms with Gasteiger partial charge in [0, 0.05) is 56.1 Å². The van der Waals surface area contributed by atoms with Crippen LogP contribution in [0.15, 0.2) is 42.5 Å². The van der Waals surface area contributed by atoms with E-state index < -0.39 is 11.4 Å². The highest BCUT2D eigenvalue weighted by atomic mass is 35.5. The minimum Gasteiger partial charge on any atom is -0.468 e. The van der Waals surface area contributed by atoms with E-state index in [4.69, 9.17) is 35.8 Å². The van der Waals surface area contributed by atoms with E-state index in [1.54, 1.807) is 7.11 Å². The lowest BCUT2D eigenvalue weighted by molar-refractivity contribution is 0.0209. The maximum absolute atomic E-state index is 17.5. The molecule has 3 unspecified atom stereocenters. The number of anilines is 1. The van der Waals surface area contributed by atoms with Crippen LogP contribution in [0.4, 0.5) is 15.0 Å². The van der Waals surface area contributed by atoms with E-state index in [2.05, 4.69) is 35.4 Å². The molecule has 0 N–H and O–H groups in total. The zero-order chi connectivity index (χ0) is 35.9. The van der Waals surface area contributed by atoms with Crippen molar-refractivity contribution >= 4 is 56.2 Å². The van der Waals surface area contributed by atoms with Gasteiger partial charge in [-0.2, -0.15) is 0 Å². The van der Waals surface area contributed by atoms with Gasteiger partial charge in [0.05, 0.1) is 22.6 Å². The Morgan fingerprint density at radius 3 is 2.53 bits per heavy atom. The average Bonchev–Trinajstić information content (AvgIpc) is 3.76. The number of rotatable bonds is 8. The lowest BCUT2D eigenvalue weighted by Crippen LogP contribution is -2.57. The summed E-state index contributed by atoms with van der Waals surface area (Å²) >= 11 is 7.16. The van der Waals surface area contributed by atoms with Crippen LogP contribution in [0.1, 0.15) is 46.0 Å². The number of pyridine rings is 1. The number of aromatic nitrogens is 3. The summed E-state index contributed by atoms with van der Waals surface area (Å²) in [5.41, 5.74) is 2.04. The number of hydrogen-bond donors (Lipinski definition) is 0. The van der Waals surface area contributed by atoms with Crippen LogP contribution in [0.5, 0.6) is 5.75 Å². The lowest BCUT2D eigenvalue weighted by atomic mass is 9.79. The number of ether oxygens (including phenoxy) is 3. The van der Waals surface area contributed by atoms with Crippen LogP contribution < -0.4 is 9.64 Å². The number of hydrogen-bond acceptors (Lipinski definition) is 8. The van der Waals surface area contributed by atoms with Gasteiger partial charge in [0.2, 0.25) is 0 Å². The first-order chi connectivity index (χ1) is 24.4. The summed E-state index contributed by atoms with van der Waals surface area (Å²) < 4.78 is 36.6. The van der Waals surface area contributed by atoms with Crippen LogP contribution in [0.3, 0.4) is 0 Å². The van der Waals surface area contributed by atoms with Crippen molar-refractivity contribution < 1.29 is 23.4 Å². The van der Waals surface area contributed by atoms with Crippen molar-refractivity contribution in [3.8, 4) is 16.9 Å². The molecule has 268 valence electrons. The smallest absolute Gasteiger partial charge is 0.410 e. The van der Waals surface area contributed by atoms with Gasteiger partial charge in [0.25, 0.3) is 0 Å². The molecular weight excluding hydrogens is 671 g/mol. The molecule has 3 aromatic carbocycles. The fourth-order valence-corrected chi connectivity index (χ4v) is 8.44. The Morgan fingerprint density at radius 1 is 1.06 bits per heavy atom. The number of methoxy groups -OCH3 is 1. The van der Waals surface area contributed by atoms with Crippen LogP contribution in [-0.2, 0) is 15.9 Å². The zero-order valence-corrected chi connectivity index (χ0v) is 30.9. The number of likely N-dealkylation sites (N-methyl/N-ethyl adjacent to an activating group) is 1. The Hall–Kier alpha value is -4.19. The van der Waals surface area contributed by atoms with E-state index in [9.17, 15) is 4.79 Å². The number of aryl methyl sites for hydroxylation is 1. The summed E-state index contributed by atoms with van der Waals surface area (Å²) in [5.74, 6) is 1.80. The third-order valence-electron chi connectivity index (χ3n) is 10.7. The van der Waals surface area contributed by atoms with E-state index in [0.717, 1.165) is 47.1 Å². The van der Waals surface area contributed by atoms with Gasteiger partial charge in [0.1, 0.15) is 28.2 Å². The molecular formula is C39H44ClFN6O4. The molecule has 12 heteroatoms. The van der Waals surface area contributed by atoms with Gasteiger partial charge in [-0.3, -0.25) is 0 Å². The van der Waals surface area contributed by atoms with Gasteiger partial charge in [-0.15, -0.1) is 0 Å². The highest BCUT2D eigenvalue weighted by molar-refractivity contribution is 6.35. The molecule has 0 radical (unpaired) electrons. The minimum atomic E-state index is -0.596. The number of halogens is 2. The van der Waals surface area contributed by atoms with Gasteiger partial charge < -0.3 is 33.5 Å². The second-order valence-electron chi connectivity index (χ2n) is 15.3. The van der Waals surface area contributed by atoms with E-state index in [0.29, 0.717) is 41.5 Å². The van der Waals surface area contributed by atoms with Gasteiger partial charge in [-0.25, -0.2) is 19.2 Å². The third-order valence-corrected chi connectivity index (χ3v) is 11.0. The molecule has 3 atom stereocenters. The van der Waals surface area contributed by atoms with Gasteiger partial charge in [-0.1, -0.05) is 42.8 Å². The third kappa shape index (κ3) is 5.55. The standard InChI is InChI=1S/C39H44ClFN6O4/c1-8-30-42-34-36(47(30)35-22-14-29(35)46(17-22)38(48)51-39(2,3)4)27-16-28(40)31(32(41)33(27)43-37(34)45-18-23(19-45)44(5)6)26-15-24(50-20-49-7)13-21-11-9-10-12-25(21)26/h9-13,15-16,22-23,29,35H,8,14,17-20H2,1-7H3. The predicted octanol–water partition coefficient (Wildman–Crippen LogP) is 7.67. The number of carbonyl (C=O) groups excluding carboxylic acids is 1. The van der Waals surface area contributed by atoms with Crippen molar-refractivity contribution in [2.75, 3.05) is 52.5 Å². The van der Waals surface area contributed by atoms with Crippen molar-refractivity contribution in [3.05, 3.63) is 59.1 Å². The summed E-state index contributed by atoms with van der Waals surface area (Å²) in [5, 5.41) is 2.59. The summed E-state index contributed by atoms with van der Waals surface area (Å²) in [6.07, 6.45) is 1.24. The molecule has 2 bridgehead atoms. The first kappa shape index (κ1) is 33.9. The molecule has 9 rings (SSSR count). The summed E-state index contributed by atoms with van der Waals surface area (Å²) in [7, 11) is 5.70. The molecule has 3 aliphatic heterocycles. The van der Waals surface area contributed by atoms with Crippen molar-refractivity contribution in [2.24, 2.45) is 5.92 Å². The molecule has 2 aromatic heterocycles. The number of carbonyl (C=O) groups is 1. The predicted molar refractivity (Wildman–Crippen MR) is 198 cm³/mol. The quantitative estimate of drug-likeness (QED) is 0.152. The SMILES string of the molecule is CCc1nc2c(N3CC(N(C)C)C3)nc3c(F)c(-c4cc(OCOC)cc5ccccc45)c(Cl)cc3c2n1C1C2CC1N(C(=O)OC(C)(C)C)C2. The highest BCUT2D eigenvalue weighted by Crippen LogP contribution is 2.53. The molecule has 10 nitrogen and oxygen atoms in total. The van der Waals surface area contributed by atoms with Crippen molar-refractivity contribution in [2.45, 2.75) is 64.3 Å². The maximum atomic E-state index is 17.5. The minimum absolute atomic E-state index is 0.0260. The van der Waals surface area contributed by atoms with Crippen LogP contribution >= 0.6 is 11.6 Å². The zero-order valence-electron chi connectivity index (χ0n) is 30.2. The van der Waals surface area contributed by atoms with Crippen LogP contribution in [0.25, 0.3) is 43.8 Å². The molecule has 4 aliphatic rings.